The largest absolute Gasteiger partial charge is 0.384 e. The van der Waals surface area contributed by atoms with Crippen molar-refractivity contribution in [2.75, 3.05) is 17.2 Å². The number of hydrogen-bond acceptors (Lipinski definition) is 4. The Morgan fingerprint density at radius 2 is 2.06 bits per heavy atom. The van der Waals surface area contributed by atoms with Gasteiger partial charge in [-0.2, -0.15) is 0 Å². The summed E-state index contributed by atoms with van der Waals surface area (Å²) in [6.07, 6.45) is 0. The molecule has 0 radical (unpaired) electrons. The summed E-state index contributed by atoms with van der Waals surface area (Å²) >= 11 is 0. The zero-order valence-electron chi connectivity index (χ0n) is 10.4. The van der Waals surface area contributed by atoms with Gasteiger partial charge in [-0.25, -0.2) is 14.4 Å². The second-order valence-corrected chi connectivity index (χ2v) is 3.92. The Labute approximate surface area is 105 Å². The summed E-state index contributed by atoms with van der Waals surface area (Å²) < 4.78 is 13.3. The molecule has 0 unspecified atom stereocenters. The van der Waals surface area contributed by atoms with Crippen molar-refractivity contribution in [1.82, 2.24) is 9.97 Å². The summed E-state index contributed by atoms with van der Waals surface area (Å²) in [5, 5.41) is 0. The molecule has 0 bridgehead atoms. The SMILES string of the molecule is CCN(c1cccc(F)c1)c1cc(N)nc(C)n1. The molecule has 0 amide bonds. The first-order chi connectivity index (χ1) is 8.60. The molecule has 2 rings (SSSR count). The van der Waals surface area contributed by atoms with Gasteiger partial charge in [0.1, 0.15) is 23.3 Å². The topological polar surface area (TPSA) is 55.0 Å². The van der Waals surface area contributed by atoms with Crippen molar-refractivity contribution in [3.05, 3.63) is 42.0 Å². The number of halogens is 1. The van der Waals surface area contributed by atoms with E-state index in [1.54, 1.807) is 19.1 Å². The van der Waals surface area contributed by atoms with Gasteiger partial charge in [0.25, 0.3) is 0 Å². The minimum atomic E-state index is -0.273. The van der Waals surface area contributed by atoms with E-state index in [4.69, 9.17) is 5.73 Å². The minimum absolute atomic E-state index is 0.273. The first kappa shape index (κ1) is 12.3. The summed E-state index contributed by atoms with van der Waals surface area (Å²) in [6.45, 7) is 4.41. The summed E-state index contributed by atoms with van der Waals surface area (Å²) in [5.41, 5.74) is 6.45. The Hall–Kier alpha value is -2.17. The number of anilines is 3. The molecule has 0 aliphatic heterocycles. The van der Waals surface area contributed by atoms with Crippen molar-refractivity contribution < 1.29 is 4.39 Å². The van der Waals surface area contributed by atoms with Crippen LogP contribution in [0.1, 0.15) is 12.7 Å². The highest BCUT2D eigenvalue weighted by Crippen LogP contribution is 2.24. The standard InChI is InChI=1S/C13H15FN4/c1-3-18(11-6-4-5-10(14)7-11)13-8-12(15)16-9(2)17-13/h4-8H,3H2,1-2H3,(H2,15,16,17). The van der Waals surface area contributed by atoms with Crippen LogP contribution in [-0.2, 0) is 0 Å². The number of nitrogens with two attached hydrogens (primary N) is 1. The Kier molecular flexibility index (Phi) is 3.41. The lowest BCUT2D eigenvalue weighted by atomic mass is 10.2. The van der Waals surface area contributed by atoms with Crippen LogP contribution in [0.2, 0.25) is 0 Å². The Bertz CT molecular complexity index is 536. The van der Waals surface area contributed by atoms with E-state index in [2.05, 4.69) is 9.97 Å². The second-order valence-electron chi connectivity index (χ2n) is 3.92. The normalized spacial score (nSPS) is 10.4. The lowest BCUT2D eigenvalue weighted by molar-refractivity contribution is 0.627. The van der Waals surface area contributed by atoms with Gasteiger partial charge in [0.2, 0.25) is 0 Å². The first-order valence-corrected chi connectivity index (χ1v) is 5.74. The van der Waals surface area contributed by atoms with Crippen LogP contribution in [0.5, 0.6) is 0 Å². The van der Waals surface area contributed by atoms with Crippen LogP contribution in [-0.4, -0.2) is 16.5 Å². The lowest BCUT2D eigenvalue weighted by Crippen LogP contribution is -2.18. The number of hydrogen-bond donors (Lipinski definition) is 1. The van der Waals surface area contributed by atoms with Crippen LogP contribution in [0.25, 0.3) is 0 Å². The molecule has 0 spiro atoms. The van der Waals surface area contributed by atoms with E-state index in [-0.39, 0.29) is 5.82 Å². The van der Waals surface area contributed by atoms with Gasteiger partial charge in [0.05, 0.1) is 0 Å². The highest BCUT2D eigenvalue weighted by molar-refractivity contribution is 5.61. The smallest absolute Gasteiger partial charge is 0.138 e. The summed E-state index contributed by atoms with van der Waals surface area (Å²) in [6, 6.07) is 8.07. The van der Waals surface area contributed by atoms with Crippen molar-refractivity contribution in [2.24, 2.45) is 0 Å². The quantitative estimate of drug-likeness (QED) is 0.904. The number of aromatic nitrogens is 2. The van der Waals surface area contributed by atoms with Crippen molar-refractivity contribution >= 4 is 17.3 Å². The van der Waals surface area contributed by atoms with Crippen LogP contribution in [0, 0.1) is 12.7 Å². The molecule has 0 fully saturated rings. The summed E-state index contributed by atoms with van der Waals surface area (Å²) in [4.78, 5) is 10.2. The summed E-state index contributed by atoms with van der Waals surface area (Å²) in [5.74, 6) is 1.41. The molecular formula is C13H15FN4. The monoisotopic (exact) mass is 246 g/mol. The maximum atomic E-state index is 13.3. The Morgan fingerprint density at radius 1 is 1.28 bits per heavy atom. The zero-order chi connectivity index (χ0) is 13.1. The van der Waals surface area contributed by atoms with E-state index < -0.39 is 0 Å². The molecule has 0 saturated heterocycles. The zero-order valence-corrected chi connectivity index (χ0v) is 10.4. The molecule has 0 aliphatic carbocycles. The highest BCUT2D eigenvalue weighted by Gasteiger charge is 2.10. The average molecular weight is 246 g/mol. The third-order valence-electron chi connectivity index (χ3n) is 2.56. The highest BCUT2D eigenvalue weighted by atomic mass is 19.1. The third-order valence-corrected chi connectivity index (χ3v) is 2.56. The maximum absolute atomic E-state index is 13.3. The number of aryl methyl sites for hydroxylation is 1. The van der Waals surface area contributed by atoms with Crippen LogP contribution < -0.4 is 10.6 Å². The molecule has 0 atom stereocenters. The molecule has 1 aromatic heterocycles. The lowest BCUT2D eigenvalue weighted by Gasteiger charge is -2.22. The fourth-order valence-electron chi connectivity index (χ4n) is 1.83. The summed E-state index contributed by atoms with van der Waals surface area (Å²) in [7, 11) is 0. The molecule has 18 heavy (non-hydrogen) atoms. The first-order valence-electron chi connectivity index (χ1n) is 5.74. The minimum Gasteiger partial charge on any atom is -0.384 e. The van der Waals surface area contributed by atoms with Crippen molar-refractivity contribution in [1.29, 1.82) is 0 Å². The van der Waals surface area contributed by atoms with Crippen molar-refractivity contribution in [2.45, 2.75) is 13.8 Å². The molecule has 0 saturated carbocycles. The molecule has 94 valence electrons. The molecule has 1 heterocycles. The Balaban J connectivity index is 2.45. The van der Waals surface area contributed by atoms with Gasteiger partial charge in [-0.05, 0) is 32.0 Å². The fraction of sp³-hybridized carbons (Fsp3) is 0.231. The van der Waals surface area contributed by atoms with Gasteiger partial charge < -0.3 is 10.6 Å². The molecule has 5 heteroatoms. The molecule has 4 nitrogen and oxygen atoms in total. The van der Waals surface area contributed by atoms with Crippen LogP contribution in [0.4, 0.5) is 21.7 Å². The molecule has 0 aliphatic rings. The fourth-order valence-corrected chi connectivity index (χ4v) is 1.83. The maximum Gasteiger partial charge on any atom is 0.138 e. The predicted molar refractivity (Wildman–Crippen MR) is 70.3 cm³/mol. The van der Waals surface area contributed by atoms with Crippen LogP contribution in [0.15, 0.2) is 30.3 Å². The van der Waals surface area contributed by atoms with Crippen LogP contribution >= 0.6 is 0 Å². The van der Waals surface area contributed by atoms with E-state index in [0.29, 0.717) is 24.0 Å². The van der Waals surface area contributed by atoms with Gasteiger partial charge in [0, 0.05) is 18.3 Å². The molecule has 2 N–H and O–H groups in total. The number of benzene rings is 1. The third kappa shape index (κ3) is 2.56. The van der Waals surface area contributed by atoms with Gasteiger partial charge in [-0.3, -0.25) is 0 Å². The van der Waals surface area contributed by atoms with E-state index in [1.807, 2.05) is 17.9 Å². The van der Waals surface area contributed by atoms with E-state index in [1.165, 1.54) is 12.1 Å². The predicted octanol–water partition coefficient (Wildman–Crippen LogP) is 2.66. The Morgan fingerprint density at radius 3 is 2.67 bits per heavy atom. The average Bonchev–Trinajstić information content (AvgIpc) is 2.28. The number of nitrogens with zero attached hydrogens (tertiary/aromatic N) is 3. The van der Waals surface area contributed by atoms with Gasteiger partial charge in [0.15, 0.2) is 0 Å². The van der Waals surface area contributed by atoms with E-state index >= 15 is 0 Å². The van der Waals surface area contributed by atoms with Gasteiger partial charge in [-0.15, -0.1) is 0 Å². The molecule has 1 aromatic carbocycles. The van der Waals surface area contributed by atoms with Gasteiger partial charge in [-0.1, -0.05) is 6.07 Å². The number of rotatable bonds is 3. The van der Waals surface area contributed by atoms with Crippen LogP contribution in [0.3, 0.4) is 0 Å². The van der Waals surface area contributed by atoms with Gasteiger partial charge >= 0.3 is 0 Å². The number of nitrogen functional groups attached to an aromatic ring is 1. The second kappa shape index (κ2) is 5.00. The molecular weight excluding hydrogens is 231 g/mol. The van der Waals surface area contributed by atoms with Crippen molar-refractivity contribution in [3.8, 4) is 0 Å². The molecule has 2 aromatic rings. The van der Waals surface area contributed by atoms with E-state index in [9.17, 15) is 4.39 Å². The van der Waals surface area contributed by atoms with E-state index in [0.717, 1.165) is 5.69 Å². The van der Waals surface area contributed by atoms with Crippen molar-refractivity contribution in [3.63, 3.8) is 0 Å².